The molecule has 0 saturated carbocycles. The molecule has 20 heavy (non-hydrogen) atoms. The van der Waals surface area contributed by atoms with Gasteiger partial charge in [-0.05, 0) is 31.7 Å². The van der Waals surface area contributed by atoms with E-state index < -0.39 is 0 Å². The fourth-order valence-corrected chi connectivity index (χ4v) is 3.26. The van der Waals surface area contributed by atoms with Crippen molar-refractivity contribution in [2.45, 2.75) is 32.7 Å². The van der Waals surface area contributed by atoms with E-state index >= 15 is 0 Å². The molecule has 1 aliphatic heterocycles. The summed E-state index contributed by atoms with van der Waals surface area (Å²) in [6.45, 7) is 5.58. The molecule has 0 radical (unpaired) electrons. The Morgan fingerprint density at radius 1 is 1.30 bits per heavy atom. The molecular formula is C17H19N3. The number of pyridine rings is 1. The molecule has 1 fully saturated rings. The van der Waals surface area contributed by atoms with E-state index in [1.54, 1.807) is 6.20 Å². The Hall–Kier alpha value is -2.08. The summed E-state index contributed by atoms with van der Waals surface area (Å²) in [5.74, 6) is 0.764. The number of hydrogen-bond acceptors (Lipinski definition) is 3. The average Bonchev–Trinajstić information content (AvgIpc) is 2.46. The van der Waals surface area contributed by atoms with E-state index in [4.69, 9.17) is 0 Å². The lowest BCUT2D eigenvalue weighted by Gasteiger charge is -2.39. The molecule has 1 aromatic heterocycles. The highest BCUT2D eigenvalue weighted by Gasteiger charge is 2.26. The molecule has 2 atom stereocenters. The number of piperidine rings is 1. The van der Waals surface area contributed by atoms with Crippen LogP contribution in [-0.2, 0) is 0 Å². The van der Waals surface area contributed by atoms with Crippen molar-refractivity contribution in [1.29, 1.82) is 5.26 Å². The molecule has 2 unspecified atom stereocenters. The van der Waals surface area contributed by atoms with Crippen molar-refractivity contribution >= 4 is 16.6 Å². The van der Waals surface area contributed by atoms with E-state index in [2.05, 4.69) is 35.9 Å². The van der Waals surface area contributed by atoms with Crippen LogP contribution in [-0.4, -0.2) is 17.6 Å². The summed E-state index contributed by atoms with van der Waals surface area (Å²) in [5, 5.41) is 10.5. The van der Waals surface area contributed by atoms with Crippen molar-refractivity contribution in [2.75, 3.05) is 11.4 Å². The van der Waals surface area contributed by atoms with Gasteiger partial charge in [0.2, 0.25) is 0 Å². The largest absolute Gasteiger partial charge is 0.367 e. The SMILES string of the molecule is CC1CCN(c2c(C#N)cnc3ccccc23)C(C)C1. The van der Waals surface area contributed by atoms with Crippen molar-refractivity contribution in [3.63, 3.8) is 0 Å². The van der Waals surface area contributed by atoms with Crippen LogP contribution in [0.1, 0.15) is 32.3 Å². The molecule has 0 bridgehead atoms. The van der Waals surface area contributed by atoms with Crippen molar-refractivity contribution in [2.24, 2.45) is 5.92 Å². The van der Waals surface area contributed by atoms with Gasteiger partial charge in [-0.2, -0.15) is 5.26 Å². The number of rotatable bonds is 1. The van der Waals surface area contributed by atoms with Gasteiger partial charge in [-0.15, -0.1) is 0 Å². The number of fused-ring (bicyclic) bond motifs is 1. The first-order valence-corrected chi connectivity index (χ1v) is 7.25. The minimum Gasteiger partial charge on any atom is -0.367 e. The van der Waals surface area contributed by atoms with Crippen molar-refractivity contribution in [1.82, 2.24) is 4.98 Å². The molecule has 0 spiro atoms. The van der Waals surface area contributed by atoms with Crippen LogP contribution >= 0.6 is 0 Å². The first kappa shape index (κ1) is 12.9. The summed E-state index contributed by atoms with van der Waals surface area (Å²) in [5.41, 5.74) is 2.72. The Kier molecular flexibility index (Phi) is 3.31. The molecule has 102 valence electrons. The van der Waals surface area contributed by atoms with Crippen LogP contribution in [0, 0.1) is 17.2 Å². The number of aromatic nitrogens is 1. The summed E-state index contributed by atoms with van der Waals surface area (Å²) in [6, 6.07) is 10.9. The molecule has 0 N–H and O–H groups in total. The fraction of sp³-hybridized carbons (Fsp3) is 0.412. The highest BCUT2D eigenvalue weighted by Crippen LogP contribution is 2.34. The van der Waals surface area contributed by atoms with Gasteiger partial charge in [0.1, 0.15) is 6.07 Å². The molecule has 1 saturated heterocycles. The molecule has 3 heteroatoms. The standard InChI is InChI=1S/C17H19N3/c1-12-7-8-20(13(2)9-12)17-14(10-18)11-19-16-6-4-3-5-15(16)17/h3-6,11-13H,7-9H2,1-2H3. The van der Waals surface area contributed by atoms with Crippen molar-refractivity contribution < 1.29 is 0 Å². The molecule has 3 nitrogen and oxygen atoms in total. The lowest BCUT2D eigenvalue weighted by Crippen LogP contribution is -2.40. The molecule has 2 aromatic rings. The zero-order valence-electron chi connectivity index (χ0n) is 12.0. The average molecular weight is 265 g/mol. The topological polar surface area (TPSA) is 39.9 Å². The van der Waals surface area contributed by atoms with Crippen LogP contribution < -0.4 is 4.90 Å². The first-order chi connectivity index (χ1) is 9.70. The summed E-state index contributed by atoms with van der Waals surface area (Å²) in [4.78, 5) is 6.79. The lowest BCUT2D eigenvalue weighted by molar-refractivity contribution is 0.378. The van der Waals surface area contributed by atoms with Crippen LogP contribution in [0.5, 0.6) is 0 Å². The lowest BCUT2D eigenvalue weighted by atomic mass is 9.92. The number of nitriles is 1. The predicted octanol–water partition coefficient (Wildman–Crippen LogP) is 3.73. The van der Waals surface area contributed by atoms with Crippen LogP contribution in [0.2, 0.25) is 0 Å². The van der Waals surface area contributed by atoms with E-state index in [0.717, 1.165) is 29.1 Å². The van der Waals surface area contributed by atoms with Gasteiger partial charge in [-0.3, -0.25) is 4.98 Å². The number of para-hydroxylation sites is 1. The van der Waals surface area contributed by atoms with Gasteiger partial charge >= 0.3 is 0 Å². The van der Waals surface area contributed by atoms with Crippen LogP contribution in [0.3, 0.4) is 0 Å². The van der Waals surface area contributed by atoms with E-state index in [0.29, 0.717) is 11.6 Å². The fourth-order valence-electron chi connectivity index (χ4n) is 3.26. The van der Waals surface area contributed by atoms with E-state index in [1.165, 1.54) is 12.8 Å². The maximum absolute atomic E-state index is 9.43. The first-order valence-electron chi connectivity index (χ1n) is 7.25. The zero-order chi connectivity index (χ0) is 14.1. The maximum Gasteiger partial charge on any atom is 0.103 e. The van der Waals surface area contributed by atoms with E-state index in [9.17, 15) is 5.26 Å². The summed E-state index contributed by atoms with van der Waals surface area (Å²) in [6.07, 6.45) is 4.08. The van der Waals surface area contributed by atoms with Gasteiger partial charge in [-0.1, -0.05) is 25.1 Å². The third-order valence-corrected chi connectivity index (χ3v) is 4.29. The molecule has 0 amide bonds. The Labute approximate surface area is 119 Å². The van der Waals surface area contributed by atoms with Gasteiger partial charge in [-0.25, -0.2) is 0 Å². The third kappa shape index (κ3) is 2.12. The smallest absolute Gasteiger partial charge is 0.103 e. The highest BCUT2D eigenvalue weighted by molar-refractivity contribution is 5.94. The summed E-state index contributed by atoms with van der Waals surface area (Å²) < 4.78 is 0. The molecule has 3 rings (SSSR count). The third-order valence-electron chi connectivity index (χ3n) is 4.29. The zero-order valence-corrected chi connectivity index (χ0v) is 12.0. The highest BCUT2D eigenvalue weighted by atomic mass is 15.2. The predicted molar refractivity (Wildman–Crippen MR) is 81.7 cm³/mol. The number of benzene rings is 1. The minimum absolute atomic E-state index is 0.469. The van der Waals surface area contributed by atoms with Gasteiger partial charge in [0.25, 0.3) is 0 Å². The molecular weight excluding hydrogens is 246 g/mol. The van der Waals surface area contributed by atoms with Gasteiger partial charge in [0.05, 0.1) is 16.8 Å². The number of anilines is 1. The van der Waals surface area contributed by atoms with Gasteiger partial charge in [0, 0.05) is 24.2 Å². The summed E-state index contributed by atoms with van der Waals surface area (Å²) in [7, 11) is 0. The molecule has 1 aliphatic rings. The van der Waals surface area contributed by atoms with Crippen molar-refractivity contribution in [3.8, 4) is 6.07 Å². The van der Waals surface area contributed by atoms with E-state index in [-0.39, 0.29) is 0 Å². The molecule has 2 heterocycles. The quantitative estimate of drug-likeness (QED) is 0.788. The van der Waals surface area contributed by atoms with Gasteiger partial charge < -0.3 is 4.90 Å². The van der Waals surface area contributed by atoms with Crippen LogP contribution in [0.25, 0.3) is 10.9 Å². The second-order valence-corrected chi connectivity index (χ2v) is 5.82. The maximum atomic E-state index is 9.43. The monoisotopic (exact) mass is 265 g/mol. The Bertz CT molecular complexity index is 671. The van der Waals surface area contributed by atoms with Crippen molar-refractivity contribution in [3.05, 3.63) is 36.0 Å². The van der Waals surface area contributed by atoms with Crippen LogP contribution in [0.15, 0.2) is 30.5 Å². The number of nitrogens with zero attached hydrogens (tertiary/aromatic N) is 3. The van der Waals surface area contributed by atoms with Crippen LogP contribution in [0.4, 0.5) is 5.69 Å². The normalized spacial score (nSPS) is 22.8. The van der Waals surface area contributed by atoms with Gasteiger partial charge in [0.15, 0.2) is 0 Å². The number of hydrogen-bond donors (Lipinski definition) is 0. The van der Waals surface area contributed by atoms with E-state index in [1.807, 2.05) is 18.2 Å². The summed E-state index contributed by atoms with van der Waals surface area (Å²) >= 11 is 0. The Balaban J connectivity index is 2.16. The minimum atomic E-state index is 0.469. The Morgan fingerprint density at radius 2 is 2.10 bits per heavy atom. The second-order valence-electron chi connectivity index (χ2n) is 5.82. The Morgan fingerprint density at radius 3 is 2.85 bits per heavy atom. The molecule has 1 aromatic carbocycles. The molecule has 0 aliphatic carbocycles. The second kappa shape index (κ2) is 5.13.